The van der Waals surface area contributed by atoms with Gasteiger partial charge in [0, 0.05) is 14.1 Å². The number of aromatic nitrogens is 6. The lowest BCUT2D eigenvalue weighted by Crippen LogP contribution is -2.21. The van der Waals surface area contributed by atoms with Crippen molar-refractivity contribution in [2.75, 3.05) is 0 Å². The van der Waals surface area contributed by atoms with Gasteiger partial charge in [0.25, 0.3) is 11.1 Å². The van der Waals surface area contributed by atoms with Gasteiger partial charge in [-0.2, -0.15) is 0 Å². The summed E-state index contributed by atoms with van der Waals surface area (Å²) in [6.45, 7) is 3.23. The van der Waals surface area contributed by atoms with Crippen LogP contribution in [0.2, 0.25) is 0 Å². The average Bonchev–Trinajstić information content (AvgIpc) is 3.34. The van der Waals surface area contributed by atoms with E-state index in [1.807, 2.05) is 13.0 Å². The van der Waals surface area contributed by atoms with Gasteiger partial charge in [-0.1, -0.05) is 11.6 Å². The van der Waals surface area contributed by atoms with E-state index in [9.17, 15) is 14.4 Å². The number of hydrogen-bond donors (Lipinski definition) is 0. The van der Waals surface area contributed by atoms with Crippen LogP contribution in [0.1, 0.15) is 27.5 Å². The van der Waals surface area contributed by atoms with Gasteiger partial charge in [0.2, 0.25) is 11.5 Å². The van der Waals surface area contributed by atoms with Crippen molar-refractivity contribution in [2.45, 2.75) is 20.5 Å². The van der Waals surface area contributed by atoms with E-state index >= 15 is 0 Å². The van der Waals surface area contributed by atoms with E-state index in [-0.39, 0.29) is 34.6 Å². The molecule has 4 aromatic heterocycles. The van der Waals surface area contributed by atoms with Crippen LogP contribution in [-0.4, -0.2) is 34.7 Å². The highest BCUT2D eigenvalue weighted by molar-refractivity contribution is 6.03. The van der Waals surface area contributed by atoms with Crippen molar-refractivity contribution in [3.8, 4) is 0 Å². The van der Waals surface area contributed by atoms with Crippen LogP contribution in [0.4, 0.5) is 0 Å². The number of hydrogen-bond acceptors (Lipinski definition) is 8. The maximum absolute atomic E-state index is 12.9. The predicted molar refractivity (Wildman–Crippen MR) is 114 cm³/mol. The molecule has 5 aromatic rings. The third-order valence-corrected chi connectivity index (χ3v) is 5.43. The molecule has 0 aliphatic rings. The number of furan rings is 1. The first-order chi connectivity index (χ1) is 15.3. The molecule has 0 bridgehead atoms. The molecule has 0 spiro atoms. The monoisotopic (exact) mass is 434 g/mol. The molecule has 0 saturated carbocycles. The lowest BCUT2D eigenvalue weighted by molar-refractivity contribution is 0.0461. The summed E-state index contributed by atoms with van der Waals surface area (Å²) in [4.78, 5) is 42.1. The van der Waals surface area contributed by atoms with E-state index in [0.717, 1.165) is 5.56 Å². The van der Waals surface area contributed by atoms with E-state index in [4.69, 9.17) is 9.15 Å². The zero-order valence-corrected chi connectivity index (χ0v) is 17.7. The molecule has 0 saturated heterocycles. The summed E-state index contributed by atoms with van der Waals surface area (Å²) in [6.07, 6.45) is 1.32. The largest absolute Gasteiger partial charge is 0.454 e. The highest BCUT2D eigenvalue weighted by Gasteiger charge is 2.24. The van der Waals surface area contributed by atoms with Gasteiger partial charge < -0.3 is 13.7 Å². The van der Waals surface area contributed by atoms with Crippen LogP contribution in [0.3, 0.4) is 0 Å². The number of ether oxygens (including phenoxy) is 1. The highest BCUT2D eigenvalue weighted by atomic mass is 16.5. The molecule has 0 N–H and O–H groups in total. The van der Waals surface area contributed by atoms with Crippen LogP contribution in [0.15, 0.2) is 38.5 Å². The molecule has 32 heavy (non-hydrogen) atoms. The summed E-state index contributed by atoms with van der Waals surface area (Å²) in [5.41, 5.74) is 1.02. The lowest BCUT2D eigenvalue weighted by Gasteiger charge is -2.09. The number of rotatable bonds is 3. The standard InChI is InChI=1S/C21H18N6O5/c1-10-5-6-13-12(7-10)18(28)26(4)21-24-23-14(27(13)21)8-31-20(30)15-11(2)32-17-16(15)19(29)25(3)9-22-17/h5-7,9H,8H2,1-4H3. The van der Waals surface area contributed by atoms with Gasteiger partial charge in [-0.05, 0) is 26.0 Å². The summed E-state index contributed by atoms with van der Waals surface area (Å²) in [6, 6.07) is 5.47. The molecule has 0 aliphatic heterocycles. The molecule has 4 heterocycles. The average molecular weight is 434 g/mol. The summed E-state index contributed by atoms with van der Waals surface area (Å²) in [7, 11) is 3.14. The summed E-state index contributed by atoms with van der Waals surface area (Å²) in [5.74, 6) is 0.137. The number of carbonyl (C=O) groups is 1. The van der Waals surface area contributed by atoms with Crippen LogP contribution >= 0.6 is 0 Å². The molecule has 0 aliphatic carbocycles. The fourth-order valence-electron chi connectivity index (χ4n) is 3.79. The van der Waals surface area contributed by atoms with E-state index in [1.165, 1.54) is 22.5 Å². The quantitative estimate of drug-likeness (QED) is 0.390. The second-order valence-corrected chi connectivity index (χ2v) is 7.59. The normalized spacial score (nSPS) is 11.6. The van der Waals surface area contributed by atoms with Crippen molar-refractivity contribution in [1.29, 1.82) is 0 Å². The number of esters is 1. The van der Waals surface area contributed by atoms with Crippen molar-refractivity contribution < 1.29 is 13.9 Å². The molecule has 0 amide bonds. The smallest absolute Gasteiger partial charge is 0.343 e. The van der Waals surface area contributed by atoms with E-state index < -0.39 is 11.5 Å². The Morgan fingerprint density at radius 2 is 1.91 bits per heavy atom. The number of nitrogens with zero attached hydrogens (tertiary/aromatic N) is 6. The second-order valence-electron chi connectivity index (χ2n) is 7.59. The Hall–Kier alpha value is -4.28. The van der Waals surface area contributed by atoms with Gasteiger partial charge >= 0.3 is 5.97 Å². The SMILES string of the molecule is Cc1ccc2c(c1)c(=O)n(C)c1nnc(COC(=O)c3c(C)oc4ncn(C)c(=O)c34)n21. The van der Waals surface area contributed by atoms with Crippen LogP contribution < -0.4 is 11.1 Å². The summed E-state index contributed by atoms with van der Waals surface area (Å²) in [5, 5.41) is 8.76. The van der Waals surface area contributed by atoms with Gasteiger partial charge in [-0.25, -0.2) is 9.78 Å². The van der Waals surface area contributed by atoms with E-state index in [1.54, 1.807) is 30.5 Å². The van der Waals surface area contributed by atoms with Crippen LogP contribution in [0.25, 0.3) is 27.8 Å². The first-order valence-electron chi connectivity index (χ1n) is 9.73. The second kappa shape index (κ2) is 6.87. The lowest BCUT2D eigenvalue weighted by atomic mass is 10.1. The molecule has 11 heteroatoms. The Balaban J connectivity index is 1.58. The predicted octanol–water partition coefficient (Wildman–Crippen LogP) is 1.39. The minimum absolute atomic E-state index is 0.0235. The Labute approximate surface area is 179 Å². The third kappa shape index (κ3) is 2.74. The van der Waals surface area contributed by atoms with Gasteiger partial charge in [0.15, 0.2) is 12.4 Å². The molecule has 1 aromatic carbocycles. The van der Waals surface area contributed by atoms with Crippen molar-refractivity contribution in [3.05, 3.63) is 67.9 Å². The summed E-state index contributed by atoms with van der Waals surface area (Å²) < 4.78 is 15.3. The molecule has 0 atom stereocenters. The Kier molecular flexibility index (Phi) is 4.22. The molecule has 0 unspecified atom stereocenters. The maximum atomic E-state index is 12.9. The minimum Gasteiger partial charge on any atom is -0.454 e. The Morgan fingerprint density at radius 1 is 1.12 bits per heavy atom. The molecule has 11 nitrogen and oxygen atoms in total. The molecule has 162 valence electrons. The fourth-order valence-corrected chi connectivity index (χ4v) is 3.79. The van der Waals surface area contributed by atoms with Crippen molar-refractivity contribution in [3.63, 3.8) is 0 Å². The zero-order chi connectivity index (χ0) is 22.7. The van der Waals surface area contributed by atoms with Gasteiger partial charge in [0.1, 0.15) is 23.0 Å². The third-order valence-electron chi connectivity index (χ3n) is 5.43. The van der Waals surface area contributed by atoms with Crippen molar-refractivity contribution in [1.82, 2.24) is 28.7 Å². The van der Waals surface area contributed by atoms with E-state index in [2.05, 4.69) is 15.2 Å². The number of fused-ring (bicyclic) bond motifs is 4. The van der Waals surface area contributed by atoms with E-state index in [0.29, 0.717) is 22.5 Å². The van der Waals surface area contributed by atoms with Crippen LogP contribution in [0, 0.1) is 13.8 Å². The number of benzene rings is 1. The van der Waals surface area contributed by atoms with Crippen LogP contribution in [0.5, 0.6) is 0 Å². The zero-order valence-electron chi connectivity index (χ0n) is 17.7. The molecule has 5 rings (SSSR count). The van der Waals surface area contributed by atoms with Crippen LogP contribution in [-0.2, 0) is 25.4 Å². The van der Waals surface area contributed by atoms with Gasteiger partial charge in [-0.15, -0.1) is 10.2 Å². The van der Waals surface area contributed by atoms with Gasteiger partial charge in [0.05, 0.1) is 10.9 Å². The number of carbonyl (C=O) groups excluding carboxylic acids is 1. The van der Waals surface area contributed by atoms with Crippen molar-refractivity contribution >= 4 is 33.7 Å². The number of aryl methyl sites for hydroxylation is 4. The minimum atomic E-state index is -0.743. The molecular formula is C21H18N6O5. The molecule has 0 fully saturated rings. The highest BCUT2D eigenvalue weighted by Crippen LogP contribution is 2.22. The van der Waals surface area contributed by atoms with Crippen molar-refractivity contribution in [2.24, 2.45) is 14.1 Å². The first kappa shape index (κ1) is 19.7. The Morgan fingerprint density at radius 3 is 2.69 bits per heavy atom. The maximum Gasteiger partial charge on any atom is 0.343 e. The summed E-state index contributed by atoms with van der Waals surface area (Å²) >= 11 is 0. The molecular weight excluding hydrogens is 416 g/mol. The van der Waals surface area contributed by atoms with Gasteiger partial charge in [-0.3, -0.25) is 18.6 Å². The molecule has 0 radical (unpaired) electrons. The first-order valence-corrected chi connectivity index (χ1v) is 9.73. The Bertz CT molecular complexity index is 1690. The topological polar surface area (TPSA) is 127 Å². The fraction of sp³-hybridized carbons (Fsp3) is 0.238.